The highest BCUT2D eigenvalue weighted by atomic mass is 32.1. The molecule has 1 aliphatic rings. The van der Waals surface area contributed by atoms with Crippen molar-refractivity contribution >= 4 is 38.3 Å². The summed E-state index contributed by atoms with van der Waals surface area (Å²) in [5, 5.41) is 4.04. The summed E-state index contributed by atoms with van der Waals surface area (Å²) in [6, 6.07) is 13.2. The van der Waals surface area contributed by atoms with Gasteiger partial charge in [0.2, 0.25) is 0 Å². The molecular formula is C19H20N4OS. The minimum absolute atomic E-state index is 0.118. The van der Waals surface area contributed by atoms with E-state index in [9.17, 15) is 4.79 Å². The molecule has 1 fully saturated rings. The normalized spacial score (nSPS) is 14.2. The molecule has 3 N–H and O–H groups in total. The van der Waals surface area contributed by atoms with Gasteiger partial charge in [-0.25, -0.2) is 4.98 Å². The molecule has 1 aromatic heterocycles. The Bertz CT molecular complexity index is 897. The van der Waals surface area contributed by atoms with Gasteiger partial charge in [0.1, 0.15) is 0 Å². The molecule has 0 aliphatic carbocycles. The van der Waals surface area contributed by atoms with Gasteiger partial charge in [0.05, 0.1) is 10.2 Å². The molecule has 0 radical (unpaired) electrons. The van der Waals surface area contributed by atoms with Gasteiger partial charge in [-0.3, -0.25) is 4.79 Å². The Hall–Kier alpha value is -2.44. The molecule has 0 saturated carbocycles. The van der Waals surface area contributed by atoms with Gasteiger partial charge in [-0.15, -0.1) is 0 Å². The summed E-state index contributed by atoms with van der Waals surface area (Å²) in [4.78, 5) is 19.4. The van der Waals surface area contributed by atoms with E-state index in [0.29, 0.717) is 12.1 Å². The van der Waals surface area contributed by atoms with Crippen molar-refractivity contribution in [2.45, 2.75) is 19.4 Å². The van der Waals surface area contributed by atoms with Crippen LogP contribution in [0.15, 0.2) is 42.5 Å². The maximum Gasteiger partial charge on any atom is 0.255 e. The molecule has 6 heteroatoms. The lowest BCUT2D eigenvalue weighted by molar-refractivity contribution is 0.102. The van der Waals surface area contributed by atoms with Crippen molar-refractivity contribution in [1.29, 1.82) is 0 Å². The van der Waals surface area contributed by atoms with E-state index in [-0.39, 0.29) is 5.91 Å². The van der Waals surface area contributed by atoms with E-state index in [2.05, 4.69) is 10.2 Å². The fourth-order valence-electron chi connectivity index (χ4n) is 3.03. The van der Waals surface area contributed by atoms with Crippen LogP contribution in [0.1, 0.15) is 28.8 Å². The number of rotatable bonds is 4. The number of benzene rings is 2. The fourth-order valence-corrected chi connectivity index (χ4v) is 4.09. The van der Waals surface area contributed by atoms with Gasteiger partial charge in [0.15, 0.2) is 5.13 Å². The highest BCUT2D eigenvalue weighted by Gasteiger charge is 2.16. The number of amides is 1. The van der Waals surface area contributed by atoms with E-state index in [1.54, 1.807) is 23.5 Å². The van der Waals surface area contributed by atoms with Crippen LogP contribution in [0.2, 0.25) is 0 Å². The van der Waals surface area contributed by atoms with Crippen LogP contribution < -0.4 is 16.0 Å². The zero-order valence-electron chi connectivity index (χ0n) is 13.9. The maximum absolute atomic E-state index is 12.4. The Morgan fingerprint density at radius 2 is 1.92 bits per heavy atom. The predicted octanol–water partition coefficient (Wildman–Crippen LogP) is 3.61. The smallest absolute Gasteiger partial charge is 0.255 e. The summed E-state index contributed by atoms with van der Waals surface area (Å²) in [6.07, 6.45) is 2.47. The number of carbonyl (C=O) groups is 1. The van der Waals surface area contributed by atoms with E-state index in [1.165, 1.54) is 12.8 Å². The Morgan fingerprint density at radius 1 is 1.16 bits per heavy atom. The van der Waals surface area contributed by atoms with Crippen LogP contribution in [-0.2, 0) is 6.54 Å². The third-order valence-electron chi connectivity index (χ3n) is 4.46. The summed E-state index contributed by atoms with van der Waals surface area (Å²) >= 11 is 1.69. The van der Waals surface area contributed by atoms with Crippen molar-refractivity contribution in [3.8, 4) is 0 Å². The van der Waals surface area contributed by atoms with Crippen LogP contribution in [0.5, 0.6) is 0 Å². The van der Waals surface area contributed by atoms with Crippen molar-refractivity contribution in [3.05, 3.63) is 53.6 Å². The average Bonchev–Trinajstić information content (AvgIpc) is 3.30. The van der Waals surface area contributed by atoms with Gasteiger partial charge in [-0.2, -0.15) is 0 Å². The molecule has 1 amide bonds. The summed E-state index contributed by atoms with van der Waals surface area (Å²) in [6.45, 7) is 2.65. The Labute approximate surface area is 150 Å². The van der Waals surface area contributed by atoms with Gasteiger partial charge in [-0.05, 0) is 48.7 Å². The molecule has 25 heavy (non-hydrogen) atoms. The van der Waals surface area contributed by atoms with Crippen LogP contribution in [0.4, 0.5) is 10.8 Å². The third kappa shape index (κ3) is 3.36. The van der Waals surface area contributed by atoms with Crippen LogP contribution in [0.3, 0.4) is 0 Å². The SMILES string of the molecule is NCc1ccc(C(=O)Nc2ccc3nc(N4CCCC4)sc3c2)cc1. The molecule has 2 aromatic carbocycles. The number of carbonyl (C=O) groups excluding carboxylic acids is 1. The first-order valence-electron chi connectivity index (χ1n) is 8.49. The van der Waals surface area contributed by atoms with Gasteiger partial charge in [0, 0.05) is 30.9 Å². The summed E-state index contributed by atoms with van der Waals surface area (Å²) < 4.78 is 1.10. The second-order valence-corrected chi connectivity index (χ2v) is 7.24. The lowest BCUT2D eigenvalue weighted by Gasteiger charge is -2.11. The Morgan fingerprint density at radius 3 is 2.64 bits per heavy atom. The average molecular weight is 352 g/mol. The van der Waals surface area contributed by atoms with Crippen LogP contribution in [0.25, 0.3) is 10.2 Å². The number of anilines is 2. The fraction of sp³-hybridized carbons (Fsp3) is 0.263. The highest BCUT2D eigenvalue weighted by molar-refractivity contribution is 7.22. The molecule has 2 heterocycles. The molecule has 5 nitrogen and oxygen atoms in total. The number of nitrogens with two attached hydrogens (primary N) is 1. The number of hydrogen-bond donors (Lipinski definition) is 2. The standard InChI is InChI=1S/C19H20N4OS/c20-12-13-3-5-14(6-4-13)18(24)21-15-7-8-16-17(11-15)25-19(22-16)23-9-1-2-10-23/h3-8,11H,1-2,9-10,12,20H2,(H,21,24). The van der Waals surface area contributed by atoms with Gasteiger partial charge < -0.3 is 16.0 Å². The zero-order chi connectivity index (χ0) is 17.2. The molecule has 3 aromatic rings. The molecule has 0 bridgehead atoms. The Balaban J connectivity index is 1.53. The molecule has 4 rings (SSSR count). The summed E-state index contributed by atoms with van der Waals surface area (Å²) in [5.74, 6) is -0.118. The second-order valence-electron chi connectivity index (χ2n) is 6.23. The lowest BCUT2D eigenvalue weighted by Crippen LogP contribution is -2.16. The number of nitrogens with one attached hydrogen (secondary N) is 1. The number of nitrogens with zero attached hydrogens (tertiary/aromatic N) is 2. The van der Waals surface area contributed by atoms with Crippen LogP contribution in [0, 0.1) is 0 Å². The Kier molecular flexibility index (Phi) is 4.38. The number of aromatic nitrogens is 1. The van der Waals surface area contributed by atoms with Crippen molar-refractivity contribution < 1.29 is 4.79 Å². The molecule has 1 aliphatic heterocycles. The van der Waals surface area contributed by atoms with Crippen molar-refractivity contribution in [2.24, 2.45) is 5.73 Å². The van der Waals surface area contributed by atoms with E-state index < -0.39 is 0 Å². The molecule has 0 atom stereocenters. The third-order valence-corrected chi connectivity index (χ3v) is 5.54. The monoisotopic (exact) mass is 352 g/mol. The minimum atomic E-state index is -0.118. The largest absolute Gasteiger partial charge is 0.348 e. The molecular weight excluding hydrogens is 332 g/mol. The van der Waals surface area contributed by atoms with E-state index in [1.807, 2.05) is 30.3 Å². The van der Waals surface area contributed by atoms with E-state index in [4.69, 9.17) is 10.7 Å². The van der Waals surface area contributed by atoms with Crippen molar-refractivity contribution in [3.63, 3.8) is 0 Å². The number of fused-ring (bicyclic) bond motifs is 1. The minimum Gasteiger partial charge on any atom is -0.348 e. The van der Waals surface area contributed by atoms with Gasteiger partial charge in [0.25, 0.3) is 5.91 Å². The number of hydrogen-bond acceptors (Lipinski definition) is 5. The van der Waals surface area contributed by atoms with Crippen LogP contribution >= 0.6 is 11.3 Å². The first kappa shape index (κ1) is 16.1. The van der Waals surface area contributed by atoms with Gasteiger partial charge >= 0.3 is 0 Å². The van der Waals surface area contributed by atoms with E-state index >= 15 is 0 Å². The molecule has 0 unspecified atom stereocenters. The first-order chi connectivity index (χ1) is 12.2. The summed E-state index contributed by atoms with van der Waals surface area (Å²) in [7, 11) is 0. The molecule has 0 spiro atoms. The quantitative estimate of drug-likeness (QED) is 0.752. The molecule has 128 valence electrons. The van der Waals surface area contributed by atoms with Crippen molar-refractivity contribution in [2.75, 3.05) is 23.3 Å². The lowest BCUT2D eigenvalue weighted by atomic mass is 10.1. The predicted molar refractivity (Wildman–Crippen MR) is 103 cm³/mol. The zero-order valence-corrected chi connectivity index (χ0v) is 14.7. The van der Waals surface area contributed by atoms with Gasteiger partial charge in [-0.1, -0.05) is 23.5 Å². The van der Waals surface area contributed by atoms with E-state index in [0.717, 1.165) is 39.7 Å². The van der Waals surface area contributed by atoms with Crippen LogP contribution in [-0.4, -0.2) is 24.0 Å². The first-order valence-corrected chi connectivity index (χ1v) is 9.30. The van der Waals surface area contributed by atoms with Crippen molar-refractivity contribution in [1.82, 2.24) is 4.98 Å². The maximum atomic E-state index is 12.4. The molecule has 1 saturated heterocycles. The summed E-state index contributed by atoms with van der Waals surface area (Å²) in [5.41, 5.74) is 9.00. The number of thiazole rings is 1. The topological polar surface area (TPSA) is 71.2 Å². The second kappa shape index (κ2) is 6.82. The highest BCUT2D eigenvalue weighted by Crippen LogP contribution is 2.32.